The summed E-state index contributed by atoms with van der Waals surface area (Å²) < 4.78 is 5.04. The van der Waals surface area contributed by atoms with Crippen molar-refractivity contribution in [3.63, 3.8) is 0 Å². The number of methoxy groups -OCH3 is 1. The van der Waals surface area contributed by atoms with E-state index in [0.717, 1.165) is 0 Å². The Morgan fingerprint density at radius 2 is 2.12 bits per heavy atom. The molecule has 6 heteroatoms. The molecule has 2 N–H and O–H groups in total. The highest BCUT2D eigenvalue weighted by Crippen LogP contribution is 2.30. The van der Waals surface area contributed by atoms with Gasteiger partial charge in [0.2, 0.25) is 0 Å². The topological polar surface area (TPSA) is 81.6 Å². The number of rotatable bonds is 4. The van der Waals surface area contributed by atoms with E-state index in [1.54, 1.807) is 6.07 Å². The van der Waals surface area contributed by atoms with Gasteiger partial charge < -0.3 is 15.4 Å². The van der Waals surface area contributed by atoms with Gasteiger partial charge >= 0.3 is 0 Å². The van der Waals surface area contributed by atoms with Crippen LogP contribution in [0.25, 0.3) is 0 Å². The van der Waals surface area contributed by atoms with Gasteiger partial charge in [-0.3, -0.25) is 10.1 Å². The van der Waals surface area contributed by atoms with Gasteiger partial charge in [0, 0.05) is 18.2 Å². The zero-order chi connectivity index (χ0) is 12.3. The summed E-state index contributed by atoms with van der Waals surface area (Å²) in [5.41, 5.74) is 6.51. The molecule has 0 atom stereocenters. The highest BCUT2D eigenvalue weighted by molar-refractivity contribution is 5.61. The number of nitro groups is 1. The lowest BCUT2D eigenvalue weighted by molar-refractivity contribution is -0.385. The lowest BCUT2D eigenvalue weighted by Gasteiger charge is -2.12. The predicted octanol–water partition coefficient (Wildman–Crippen LogP) is 1.25. The van der Waals surface area contributed by atoms with Crippen molar-refractivity contribution in [2.45, 2.75) is 6.54 Å². The van der Waals surface area contributed by atoms with E-state index in [9.17, 15) is 10.1 Å². The number of hydrogen-bond acceptors (Lipinski definition) is 5. The van der Waals surface area contributed by atoms with Crippen LogP contribution in [0.15, 0.2) is 12.1 Å². The van der Waals surface area contributed by atoms with Crippen LogP contribution in [0, 0.1) is 10.1 Å². The summed E-state index contributed by atoms with van der Waals surface area (Å²) in [5, 5.41) is 10.8. The van der Waals surface area contributed by atoms with Gasteiger partial charge in [-0.1, -0.05) is 0 Å². The molecule has 0 bridgehead atoms. The summed E-state index contributed by atoms with van der Waals surface area (Å²) in [7, 11) is 5.16. The first-order chi connectivity index (χ1) is 7.45. The number of nitrogen functional groups attached to an aromatic ring is 1. The highest BCUT2D eigenvalue weighted by Gasteiger charge is 2.17. The molecule has 0 heterocycles. The first-order valence-corrected chi connectivity index (χ1v) is 4.71. The molecule has 0 fully saturated rings. The molecule has 16 heavy (non-hydrogen) atoms. The fourth-order valence-electron chi connectivity index (χ4n) is 1.44. The molecule has 6 nitrogen and oxygen atoms in total. The SMILES string of the molecule is COc1cc(CN(C)C)c([N+](=O)[O-])cc1N. The third-order valence-corrected chi connectivity index (χ3v) is 2.11. The predicted molar refractivity (Wildman–Crippen MR) is 61.5 cm³/mol. The van der Waals surface area contributed by atoms with Gasteiger partial charge in [-0.25, -0.2) is 0 Å². The van der Waals surface area contributed by atoms with E-state index in [1.165, 1.54) is 13.2 Å². The molecule has 0 unspecified atom stereocenters. The molecule has 88 valence electrons. The maximum absolute atomic E-state index is 10.8. The lowest BCUT2D eigenvalue weighted by atomic mass is 10.1. The van der Waals surface area contributed by atoms with E-state index in [2.05, 4.69) is 0 Å². The number of nitrogens with two attached hydrogens (primary N) is 1. The molecule has 0 saturated heterocycles. The number of nitrogens with zero attached hydrogens (tertiary/aromatic N) is 2. The fourth-order valence-corrected chi connectivity index (χ4v) is 1.44. The molecule has 0 aliphatic carbocycles. The van der Waals surface area contributed by atoms with Crippen molar-refractivity contribution in [2.75, 3.05) is 26.9 Å². The summed E-state index contributed by atoms with van der Waals surface area (Å²) in [6.07, 6.45) is 0. The summed E-state index contributed by atoms with van der Waals surface area (Å²) in [6.45, 7) is 0.465. The van der Waals surface area contributed by atoms with E-state index < -0.39 is 4.92 Å². The van der Waals surface area contributed by atoms with Crippen molar-refractivity contribution in [1.29, 1.82) is 0 Å². The maximum atomic E-state index is 10.8. The molecule has 1 aromatic carbocycles. The minimum Gasteiger partial charge on any atom is -0.495 e. The van der Waals surface area contributed by atoms with Gasteiger partial charge in [-0.05, 0) is 20.2 Å². The zero-order valence-electron chi connectivity index (χ0n) is 9.56. The third kappa shape index (κ3) is 2.60. The standard InChI is InChI=1S/C10H15N3O3/c1-12(2)6-7-4-10(16-3)8(11)5-9(7)13(14)15/h4-5H,6,11H2,1-3H3. The Hall–Kier alpha value is -1.82. The van der Waals surface area contributed by atoms with Crippen molar-refractivity contribution < 1.29 is 9.66 Å². The summed E-state index contributed by atoms with van der Waals surface area (Å²) >= 11 is 0. The second-order valence-corrected chi connectivity index (χ2v) is 3.72. The molecule has 0 amide bonds. The average Bonchev–Trinajstić information content (AvgIpc) is 2.19. The van der Waals surface area contributed by atoms with E-state index in [4.69, 9.17) is 10.5 Å². The van der Waals surface area contributed by atoms with Crippen LogP contribution in [-0.4, -0.2) is 31.0 Å². The number of ether oxygens (including phenoxy) is 1. The van der Waals surface area contributed by atoms with Crippen molar-refractivity contribution in [1.82, 2.24) is 4.90 Å². The van der Waals surface area contributed by atoms with E-state index in [0.29, 0.717) is 17.9 Å². The summed E-state index contributed by atoms with van der Waals surface area (Å²) in [4.78, 5) is 12.3. The van der Waals surface area contributed by atoms with Gasteiger partial charge in [0.05, 0.1) is 17.7 Å². The molecule has 0 radical (unpaired) electrons. The molecular weight excluding hydrogens is 210 g/mol. The first kappa shape index (κ1) is 12.3. The van der Waals surface area contributed by atoms with E-state index in [1.807, 2.05) is 19.0 Å². The van der Waals surface area contributed by atoms with Crippen LogP contribution in [-0.2, 0) is 6.54 Å². The minimum atomic E-state index is -0.436. The second kappa shape index (κ2) is 4.80. The monoisotopic (exact) mass is 225 g/mol. The van der Waals surface area contributed by atoms with Gasteiger partial charge in [0.1, 0.15) is 5.75 Å². The van der Waals surface area contributed by atoms with E-state index in [-0.39, 0.29) is 11.4 Å². The number of benzene rings is 1. The zero-order valence-corrected chi connectivity index (χ0v) is 9.56. The van der Waals surface area contributed by atoms with Crippen LogP contribution >= 0.6 is 0 Å². The smallest absolute Gasteiger partial charge is 0.276 e. The van der Waals surface area contributed by atoms with Crippen molar-refractivity contribution >= 4 is 11.4 Å². The number of hydrogen-bond donors (Lipinski definition) is 1. The van der Waals surface area contributed by atoms with Crippen LogP contribution in [0.3, 0.4) is 0 Å². The fraction of sp³-hybridized carbons (Fsp3) is 0.400. The molecular formula is C10H15N3O3. The normalized spacial score (nSPS) is 10.5. The Kier molecular flexibility index (Phi) is 3.68. The van der Waals surface area contributed by atoms with Crippen LogP contribution in [0.4, 0.5) is 11.4 Å². The summed E-state index contributed by atoms with van der Waals surface area (Å²) in [5.74, 6) is 0.461. The van der Waals surface area contributed by atoms with Crippen LogP contribution in [0.2, 0.25) is 0 Å². The Bertz CT molecular complexity index is 405. The quantitative estimate of drug-likeness (QED) is 0.473. The summed E-state index contributed by atoms with van der Waals surface area (Å²) in [6, 6.07) is 2.94. The van der Waals surface area contributed by atoms with Crippen LogP contribution in [0.5, 0.6) is 5.75 Å². The largest absolute Gasteiger partial charge is 0.495 e. The second-order valence-electron chi connectivity index (χ2n) is 3.72. The Morgan fingerprint density at radius 3 is 2.56 bits per heavy atom. The van der Waals surface area contributed by atoms with Gasteiger partial charge in [0.25, 0.3) is 5.69 Å². The Labute approximate surface area is 93.8 Å². The maximum Gasteiger partial charge on any atom is 0.276 e. The lowest BCUT2D eigenvalue weighted by Crippen LogP contribution is -2.12. The Balaban J connectivity index is 3.25. The minimum absolute atomic E-state index is 0.0204. The highest BCUT2D eigenvalue weighted by atomic mass is 16.6. The first-order valence-electron chi connectivity index (χ1n) is 4.71. The molecule has 0 saturated carbocycles. The number of nitro benzene ring substituents is 1. The van der Waals surface area contributed by atoms with Crippen molar-refractivity contribution in [3.8, 4) is 5.75 Å². The third-order valence-electron chi connectivity index (χ3n) is 2.11. The number of anilines is 1. The van der Waals surface area contributed by atoms with Gasteiger partial charge in [0.15, 0.2) is 0 Å². The van der Waals surface area contributed by atoms with Crippen LogP contribution in [0.1, 0.15) is 5.56 Å². The molecule has 0 aliphatic rings. The Morgan fingerprint density at radius 1 is 1.50 bits per heavy atom. The average molecular weight is 225 g/mol. The molecule has 1 rings (SSSR count). The van der Waals surface area contributed by atoms with Gasteiger partial charge in [-0.2, -0.15) is 0 Å². The molecule has 1 aromatic rings. The van der Waals surface area contributed by atoms with E-state index >= 15 is 0 Å². The van der Waals surface area contributed by atoms with Crippen molar-refractivity contribution in [2.24, 2.45) is 0 Å². The van der Waals surface area contributed by atoms with Gasteiger partial charge in [-0.15, -0.1) is 0 Å². The molecule has 0 aromatic heterocycles. The molecule has 0 aliphatic heterocycles. The van der Waals surface area contributed by atoms with Crippen LogP contribution < -0.4 is 10.5 Å². The molecule has 0 spiro atoms. The van der Waals surface area contributed by atoms with Crippen molar-refractivity contribution in [3.05, 3.63) is 27.8 Å².